The Morgan fingerprint density at radius 3 is 2.36 bits per heavy atom. The number of halogens is 1. The minimum Gasteiger partial charge on any atom is -0.290 e. The minimum atomic E-state index is -2.38. The van der Waals surface area contributed by atoms with Crippen LogP contribution in [0.15, 0.2) is 48.8 Å². The lowest BCUT2D eigenvalue weighted by Crippen LogP contribution is -2.34. The van der Waals surface area contributed by atoms with Gasteiger partial charge in [0.25, 0.3) is 0 Å². The molecule has 2 aromatic heterocycles. The van der Waals surface area contributed by atoms with Crippen LogP contribution in [0.25, 0.3) is 22.4 Å². The predicted molar refractivity (Wildman–Crippen MR) is 111 cm³/mol. The van der Waals surface area contributed by atoms with Crippen molar-refractivity contribution in [2.45, 2.75) is 18.8 Å². The van der Waals surface area contributed by atoms with E-state index in [1.807, 2.05) is 41.3 Å². The van der Waals surface area contributed by atoms with E-state index in [1.54, 1.807) is 12.4 Å². The molecule has 3 heterocycles. The lowest BCUT2D eigenvalue weighted by molar-refractivity contribution is 0.241. The summed E-state index contributed by atoms with van der Waals surface area (Å²) in [6, 6.07) is 11.7. The summed E-state index contributed by atoms with van der Waals surface area (Å²) in [6.07, 6.45) is 5.35. The summed E-state index contributed by atoms with van der Waals surface area (Å²) in [5.41, 5.74) is 5.14. The first-order valence-corrected chi connectivity index (χ1v) is 10.9. The minimum absolute atomic E-state index is 0.137. The van der Waals surface area contributed by atoms with Gasteiger partial charge in [0.1, 0.15) is 5.69 Å². The van der Waals surface area contributed by atoms with Gasteiger partial charge in [-0.2, -0.15) is 5.10 Å². The highest BCUT2D eigenvalue weighted by Crippen LogP contribution is 2.39. The normalized spacial score (nSPS) is 15.9. The molecule has 1 aliphatic rings. The molecule has 3 aromatic rings. The van der Waals surface area contributed by atoms with Gasteiger partial charge in [0.2, 0.25) is 0 Å². The van der Waals surface area contributed by atoms with Crippen molar-refractivity contribution in [3.8, 4) is 22.4 Å². The van der Waals surface area contributed by atoms with Crippen LogP contribution in [0, 0.1) is 0 Å². The molecular formula is C20H21ClN4O2S. The number of rotatable bonds is 5. The summed E-state index contributed by atoms with van der Waals surface area (Å²) in [7, 11) is -2.38. The zero-order chi connectivity index (χ0) is 19.5. The Kier molecular flexibility index (Phi) is 5.75. The van der Waals surface area contributed by atoms with Crippen LogP contribution in [0.5, 0.6) is 0 Å². The number of hydrogen-bond acceptors (Lipinski definition) is 5. The highest BCUT2D eigenvalue weighted by molar-refractivity contribution is 7.72. The molecular weight excluding hydrogens is 396 g/mol. The number of aromatic amines is 1. The van der Waals surface area contributed by atoms with Gasteiger partial charge >= 0.3 is 0 Å². The first-order valence-electron chi connectivity index (χ1n) is 9.20. The molecule has 0 atom stereocenters. The average molecular weight is 417 g/mol. The third-order valence-corrected chi connectivity index (χ3v) is 6.08. The molecule has 28 heavy (non-hydrogen) atoms. The SMILES string of the molecule is O=[SH](=O)CN1CCC(c2[nH]nc(-c3ccc(Cl)cc3)c2-c2ccncc2)CC1. The molecule has 0 bridgehead atoms. The summed E-state index contributed by atoms with van der Waals surface area (Å²) in [6.45, 7) is 1.53. The van der Waals surface area contributed by atoms with E-state index in [0.29, 0.717) is 10.9 Å². The maximum absolute atomic E-state index is 11.0. The van der Waals surface area contributed by atoms with Crippen LogP contribution in [0.3, 0.4) is 0 Å². The van der Waals surface area contributed by atoms with Crippen LogP contribution in [0.2, 0.25) is 5.02 Å². The number of hydrogen-bond donors (Lipinski definition) is 2. The lowest BCUT2D eigenvalue weighted by atomic mass is 9.88. The Labute approximate surface area is 170 Å². The fourth-order valence-electron chi connectivity index (χ4n) is 3.80. The van der Waals surface area contributed by atoms with Crippen LogP contribution in [-0.4, -0.2) is 47.5 Å². The smallest absolute Gasteiger partial charge is 0.153 e. The summed E-state index contributed by atoms with van der Waals surface area (Å²) >= 11 is 6.05. The molecule has 1 saturated heterocycles. The molecule has 4 rings (SSSR count). The van der Waals surface area contributed by atoms with Gasteiger partial charge < -0.3 is 0 Å². The number of nitrogens with zero attached hydrogens (tertiary/aromatic N) is 3. The fraction of sp³-hybridized carbons (Fsp3) is 0.300. The van der Waals surface area contributed by atoms with Crippen molar-refractivity contribution in [3.05, 3.63) is 59.5 Å². The molecule has 6 nitrogen and oxygen atoms in total. The molecule has 0 spiro atoms. The van der Waals surface area contributed by atoms with Crippen molar-refractivity contribution in [2.24, 2.45) is 0 Å². The zero-order valence-corrected chi connectivity index (χ0v) is 16.9. The topological polar surface area (TPSA) is 79.0 Å². The summed E-state index contributed by atoms with van der Waals surface area (Å²) < 4.78 is 22.0. The molecule has 0 saturated carbocycles. The van der Waals surface area contributed by atoms with Gasteiger partial charge in [0.15, 0.2) is 10.7 Å². The Bertz CT molecular complexity index is 1000. The van der Waals surface area contributed by atoms with Crippen molar-refractivity contribution in [2.75, 3.05) is 19.0 Å². The van der Waals surface area contributed by atoms with Gasteiger partial charge in [0, 0.05) is 40.2 Å². The number of benzene rings is 1. The molecule has 1 fully saturated rings. The molecule has 1 N–H and O–H groups in total. The summed E-state index contributed by atoms with van der Waals surface area (Å²) in [5.74, 6) is 0.440. The van der Waals surface area contributed by atoms with Crippen LogP contribution in [0.1, 0.15) is 24.5 Å². The molecule has 1 aliphatic heterocycles. The molecule has 8 heteroatoms. The number of pyridine rings is 1. The molecule has 146 valence electrons. The number of nitrogens with one attached hydrogen (secondary N) is 1. The second-order valence-electron chi connectivity index (χ2n) is 6.97. The van der Waals surface area contributed by atoms with E-state index in [2.05, 4.69) is 15.2 Å². The van der Waals surface area contributed by atoms with Gasteiger partial charge in [0.05, 0.1) is 5.88 Å². The van der Waals surface area contributed by atoms with E-state index >= 15 is 0 Å². The zero-order valence-electron chi connectivity index (χ0n) is 15.2. The second kappa shape index (κ2) is 8.43. The van der Waals surface area contributed by atoms with Crippen LogP contribution >= 0.6 is 11.6 Å². The predicted octanol–water partition coefficient (Wildman–Crippen LogP) is 3.54. The molecule has 0 aliphatic carbocycles. The second-order valence-corrected chi connectivity index (χ2v) is 8.35. The summed E-state index contributed by atoms with van der Waals surface area (Å²) in [4.78, 5) is 6.13. The van der Waals surface area contributed by atoms with Crippen molar-refractivity contribution in [1.82, 2.24) is 20.1 Å². The number of thiol groups is 1. The fourth-order valence-corrected chi connectivity index (χ4v) is 4.54. The summed E-state index contributed by atoms with van der Waals surface area (Å²) in [5, 5.41) is 8.60. The number of piperidine rings is 1. The van der Waals surface area contributed by atoms with Gasteiger partial charge in [-0.3, -0.25) is 15.0 Å². The van der Waals surface area contributed by atoms with Crippen LogP contribution < -0.4 is 0 Å². The third-order valence-electron chi connectivity index (χ3n) is 5.19. The largest absolute Gasteiger partial charge is 0.290 e. The van der Waals surface area contributed by atoms with E-state index in [0.717, 1.165) is 54.0 Å². The first kappa shape index (κ1) is 19.1. The molecule has 0 unspecified atom stereocenters. The first-order chi connectivity index (χ1) is 13.6. The Balaban J connectivity index is 1.69. The van der Waals surface area contributed by atoms with E-state index in [1.165, 1.54) is 0 Å². The maximum Gasteiger partial charge on any atom is 0.153 e. The van der Waals surface area contributed by atoms with Crippen molar-refractivity contribution >= 4 is 22.3 Å². The highest BCUT2D eigenvalue weighted by Gasteiger charge is 2.27. The van der Waals surface area contributed by atoms with Crippen molar-refractivity contribution < 1.29 is 8.42 Å². The van der Waals surface area contributed by atoms with Crippen molar-refractivity contribution in [1.29, 1.82) is 0 Å². The Morgan fingerprint density at radius 2 is 1.71 bits per heavy atom. The quantitative estimate of drug-likeness (QED) is 0.622. The Morgan fingerprint density at radius 1 is 1.04 bits per heavy atom. The van der Waals surface area contributed by atoms with Crippen LogP contribution in [0.4, 0.5) is 0 Å². The van der Waals surface area contributed by atoms with Crippen LogP contribution in [-0.2, 0) is 10.7 Å². The Hall–Kier alpha value is -2.22. The van der Waals surface area contributed by atoms with Crippen molar-refractivity contribution in [3.63, 3.8) is 0 Å². The molecule has 1 aromatic carbocycles. The lowest BCUT2D eigenvalue weighted by Gasteiger charge is -2.30. The number of aromatic nitrogens is 3. The highest BCUT2D eigenvalue weighted by atomic mass is 35.5. The molecule has 0 radical (unpaired) electrons. The van der Waals surface area contributed by atoms with E-state index in [-0.39, 0.29) is 5.88 Å². The third kappa shape index (κ3) is 4.11. The van der Waals surface area contributed by atoms with Gasteiger partial charge in [-0.1, -0.05) is 23.7 Å². The van der Waals surface area contributed by atoms with E-state index < -0.39 is 10.7 Å². The standard InChI is InChI=1S/C20H21ClN4O2S/c21-17-3-1-15(2-4-17)19-18(14-5-9-22-10-6-14)20(24-23-19)16-7-11-25(12-8-16)13-28(26)27/h1-6,9-10,16,28H,7-8,11-13H2,(H,23,24). The monoisotopic (exact) mass is 416 g/mol. The van der Waals surface area contributed by atoms with E-state index in [9.17, 15) is 8.42 Å². The number of likely N-dealkylation sites (tertiary alicyclic amines) is 1. The van der Waals surface area contributed by atoms with Gasteiger partial charge in [-0.05, 0) is 55.8 Å². The number of H-pyrrole nitrogens is 1. The van der Waals surface area contributed by atoms with Gasteiger partial charge in [-0.25, -0.2) is 8.42 Å². The maximum atomic E-state index is 11.0. The van der Waals surface area contributed by atoms with E-state index in [4.69, 9.17) is 11.6 Å². The molecule has 0 amide bonds. The van der Waals surface area contributed by atoms with Gasteiger partial charge in [-0.15, -0.1) is 0 Å². The average Bonchev–Trinajstić information content (AvgIpc) is 3.14.